The number of benzene rings is 1. The molecule has 2 amide bonds. The predicted octanol–water partition coefficient (Wildman–Crippen LogP) is 1.66. The summed E-state index contributed by atoms with van der Waals surface area (Å²) in [5.41, 5.74) is -1.52. The second-order valence-corrected chi connectivity index (χ2v) is 10.1. The summed E-state index contributed by atoms with van der Waals surface area (Å²) in [6.45, 7) is 1.45. The van der Waals surface area contributed by atoms with Crippen molar-refractivity contribution >= 4 is 11.8 Å². The number of hydrogen-bond acceptors (Lipinski definition) is 6. The van der Waals surface area contributed by atoms with E-state index < -0.39 is 40.8 Å². The maximum Gasteiger partial charge on any atom is 0.275 e. The van der Waals surface area contributed by atoms with Crippen molar-refractivity contribution in [2.24, 2.45) is 11.8 Å². The Bertz CT molecular complexity index is 1280. The fraction of sp³-hybridized carbons (Fsp3) is 0.500. The number of rotatable bonds is 5. The van der Waals surface area contributed by atoms with Crippen LogP contribution in [0.1, 0.15) is 52.1 Å². The number of nitrogens with zero attached hydrogens (tertiary/aromatic N) is 3. The highest BCUT2D eigenvalue weighted by Gasteiger charge is 2.44. The molecule has 11 heteroatoms. The van der Waals surface area contributed by atoms with Gasteiger partial charge in [-0.2, -0.15) is 0 Å². The summed E-state index contributed by atoms with van der Waals surface area (Å²) in [6, 6.07) is 2.94. The molecule has 1 aromatic heterocycles. The molecule has 2 aliphatic heterocycles. The van der Waals surface area contributed by atoms with Gasteiger partial charge in [0.05, 0.1) is 13.2 Å². The van der Waals surface area contributed by atoms with Crippen molar-refractivity contribution in [1.82, 2.24) is 19.7 Å². The molecule has 9 nitrogen and oxygen atoms in total. The zero-order valence-corrected chi connectivity index (χ0v) is 20.3. The number of β-amino-alcohol motifs (C(OH)–C–C–N with tert-alkyl or cyclic N) is 1. The molecule has 37 heavy (non-hydrogen) atoms. The monoisotopic (exact) mass is 516 g/mol. The first kappa shape index (κ1) is 25.3. The maximum absolute atomic E-state index is 14.0. The van der Waals surface area contributed by atoms with Gasteiger partial charge in [-0.25, -0.2) is 8.78 Å². The van der Waals surface area contributed by atoms with E-state index in [1.165, 1.54) is 16.8 Å². The topological polar surface area (TPSA) is 115 Å². The number of hydrogen-bond donors (Lipinski definition) is 3. The quantitative estimate of drug-likeness (QED) is 0.557. The van der Waals surface area contributed by atoms with Crippen LogP contribution in [0.25, 0.3) is 0 Å². The highest BCUT2D eigenvalue weighted by atomic mass is 19.1. The molecule has 198 valence electrons. The number of aromatic hydroxyl groups is 1. The molecule has 3 N–H and O–H groups in total. The van der Waals surface area contributed by atoms with E-state index in [0.29, 0.717) is 31.0 Å². The Morgan fingerprint density at radius 1 is 1.08 bits per heavy atom. The second kappa shape index (κ2) is 10.2. The lowest BCUT2D eigenvalue weighted by molar-refractivity contribution is 0.0143. The van der Waals surface area contributed by atoms with E-state index in [9.17, 15) is 33.4 Å². The third-order valence-electron chi connectivity index (χ3n) is 7.91. The molecule has 3 aliphatic rings. The fourth-order valence-electron chi connectivity index (χ4n) is 5.99. The van der Waals surface area contributed by atoms with Crippen LogP contribution in [0, 0.1) is 23.5 Å². The molecular formula is C26H30F2N4O5. The average Bonchev–Trinajstić information content (AvgIpc) is 3.02. The van der Waals surface area contributed by atoms with Crippen molar-refractivity contribution in [2.75, 3.05) is 26.2 Å². The average molecular weight is 517 g/mol. The molecule has 3 heterocycles. The van der Waals surface area contributed by atoms with Gasteiger partial charge in [-0.1, -0.05) is 18.9 Å². The summed E-state index contributed by atoms with van der Waals surface area (Å²) in [4.78, 5) is 43.1. The molecular weight excluding hydrogens is 486 g/mol. The van der Waals surface area contributed by atoms with Gasteiger partial charge in [0.15, 0.2) is 11.4 Å². The number of nitrogens with one attached hydrogen (secondary N) is 1. The Hall–Kier alpha value is -3.31. The number of aliphatic hydroxyl groups excluding tert-OH is 1. The van der Waals surface area contributed by atoms with Crippen molar-refractivity contribution in [3.63, 3.8) is 0 Å². The zero-order chi connectivity index (χ0) is 26.3. The zero-order valence-electron chi connectivity index (χ0n) is 20.3. The summed E-state index contributed by atoms with van der Waals surface area (Å²) >= 11 is 0. The number of amides is 2. The molecule has 1 saturated heterocycles. The SMILES string of the molecule is O=C(NCc1ccc(F)cc1F)c1cn2c(c(O)c1=O)C(=O)N1C[C@@H]3CCCC[C@H]3CN(CCO)[C@@H]1C2. The highest BCUT2D eigenvalue weighted by Crippen LogP contribution is 2.37. The molecule has 0 spiro atoms. The van der Waals surface area contributed by atoms with Crippen molar-refractivity contribution < 1.29 is 28.6 Å². The highest BCUT2D eigenvalue weighted by molar-refractivity contribution is 5.99. The van der Waals surface area contributed by atoms with E-state index in [-0.39, 0.29) is 36.5 Å². The van der Waals surface area contributed by atoms with E-state index in [1.54, 1.807) is 4.90 Å². The van der Waals surface area contributed by atoms with E-state index in [0.717, 1.165) is 38.3 Å². The Morgan fingerprint density at radius 3 is 2.51 bits per heavy atom. The largest absolute Gasteiger partial charge is 0.503 e. The third kappa shape index (κ3) is 4.73. The van der Waals surface area contributed by atoms with Crippen LogP contribution in [-0.4, -0.2) is 68.8 Å². The third-order valence-corrected chi connectivity index (χ3v) is 7.91. The minimum atomic E-state index is -0.993. The van der Waals surface area contributed by atoms with Crippen molar-refractivity contribution in [1.29, 1.82) is 0 Å². The minimum Gasteiger partial charge on any atom is -0.503 e. The van der Waals surface area contributed by atoms with Gasteiger partial charge in [0.25, 0.3) is 11.8 Å². The van der Waals surface area contributed by atoms with Crippen LogP contribution in [0.3, 0.4) is 0 Å². The lowest BCUT2D eigenvalue weighted by atomic mass is 9.79. The van der Waals surface area contributed by atoms with Crippen molar-refractivity contribution in [2.45, 2.75) is 44.9 Å². The first-order valence-electron chi connectivity index (χ1n) is 12.6. The molecule has 0 radical (unpaired) electrons. The smallest absolute Gasteiger partial charge is 0.275 e. The minimum absolute atomic E-state index is 0.0300. The van der Waals surface area contributed by atoms with Gasteiger partial charge in [0.2, 0.25) is 5.43 Å². The van der Waals surface area contributed by atoms with Gasteiger partial charge < -0.3 is 25.0 Å². The van der Waals surface area contributed by atoms with Gasteiger partial charge in [0, 0.05) is 44.0 Å². The Labute approximate surface area is 212 Å². The fourth-order valence-corrected chi connectivity index (χ4v) is 5.99. The van der Waals surface area contributed by atoms with Gasteiger partial charge in [0.1, 0.15) is 23.4 Å². The summed E-state index contributed by atoms with van der Waals surface area (Å²) in [7, 11) is 0. The van der Waals surface area contributed by atoms with E-state index in [1.807, 2.05) is 0 Å². The van der Waals surface area contributed by atoms with Crippen LogP contribution < -0.4 is 10.7 Å². The molecule has 0 unspecified atom stereocenters. The van der Waals surface area contributed by atoms with Crippen LogP contribution >= 0.6 is 0 Å². The lowest BCUT2D eigenvalue weighted by Crippen LogP contribution is -2.57. The second-order valence-electron chi connectivity index (χ2n) is 10.1. The number of carbonyl (C=O) groups excluding carboxylic acids is 2. The molecule has 1 saturated carbocycles. The van der Waals surface area contributed by atoms with Crippen molar-refractivity contribution in [3.05, 3.63) is 63.1 Å². The van der Waals surface area contributed by atoms with E-state index in [2.05, 4.69) is 10.2 Å². The normalized spacial score (nSPS) is 23.6. The molecule has 3 atom stereocenters. The van der Waals surface area contributed by atoms with Crippen LogP contribution in [0.4, 0.5) is 8.78 Å². The van der Waals surface area contributed by atoms with Crippen molar-refractivity contribution in [3.8, 4) is 5.75 Å². The molecule has 2 fully saturated rings. The summed E-state index contributed by atoms with van der Waals surface area (Å²) in [6.07, 6.45) is 5.12. The predicted molar refractivity (Wildman–Crippen MR) is 129 cm³/mol. The molecule has 0 bridgehead atoms. The first-order chi connectivity index (χ1) is 17.8. The summed E-state index contributed by atoms with van der Waals surface area (Å²) < 4.78 is 28.5. The standard InChI is InChI=1S/C26H30F2N4O5/c27-18-6-5-15(20(28)9-18)10-29-25(36)19-13-31-14-21-30(7-8-33)11-16-3-1-2-4-17(16)12-32(21)26(37)22(31)24(35)23(19)34/h5-6,9,13,16-17,21,33,35H,1-4,7-8,10-12,14H2,(H,29,36)/t16-,17-,21-/m0/s1. The Kier molecular flexibility index (Phi) is 7.00. The van der Waals surface area contributed by atoms with Crippen LogP contribution in [0.2, 0.25) is 0 Å². The van der Waals surface area contributed by atoms with Crippen LogP contribution in [0.15, 0.2) is 29.2 Å². The number of halogens is 2. The van der Waals surface area contributed by atoms with Crippen LogP contribution in [0.5, 0.6) is 5.75 Å². The summed E-state index contributed by atoms with van der Waals surface area (Å²) in [5, 5.41) is 22.9. The molecule has 2 aromatic rings. The number of carbonyl (C=O) groups is 2. The maximum atomic E-state index is 14.0. The number of fused-ring (bicyclic) bond motifs is 3. The lowest BCUT2D eigenvalue weighted by Gasteiger charge is -2.42. The van der Waals surface area contributed by atoms with Gasteiger partial charge in [-0.3, -0.25) is 19.3 Å². The van der Waals surface area contributed by atoms with E-state index >= 15 is 0 Å². The number of pyridine rings is 1. The Balaban J connectivity index is 1.45. The summed E-state index contributed by atoms with van der Waals surface area (Å²) in [5.74, 6) is -3.04. The van der Waals surface area contributed by atoms with Gasteiger partial charge in [-0.15, -0.1) is 0 Å². The first-order valence-corrected chi connectivity index (χ1v) is 12.6. The molecule has 5 rings (SSSR count). The number of aromatic nitrogens is 1. The van der Waals surface area contributed by atoms with E-state index in [4.69, 9.17) is 0 Å². The molecule has 1 aliphatic carbocycles. The van der Waals surface area contributed by atoms with Gasteiger partial charge >= 0.3 is 0 Å². The van der Waals surface area contributed by atoms with Crippen LogP contribution in [-0.2, 0) is 13.1 Å². The van der Waals surface area contributed by atoms with Gasteiger partial charge in [-0.05, 0) is 30.7 Å². The number of aliphatic hydroxyl groups is 1. The Morgan fingerprint density at radius 2 is 1.81 bits per heavy atom. The molecule has 1 aromatic carbocycles.